The summed E-state index contributed by atoms with van der Waals surface area (Å²) in [6, 6.07) is 1.12. The van der Waals surface area contributed by atoms with Gasteiger partial charge in [0.05, 0.1) is 0 Å². The third-order valence-corrected chi connectivity index (χ3v) is 1.33. The summed E-state index contributed by atoms with van der Waals surface area (Å²) in [4.78, 5) is 12.3. The van der Waals surface area contributed by atoms with Gasteiger partial charge in [0.1, 0.15) is 6.20 Å². The number of halogens is 3. The van der Waals surface area contributed by atoms with Gasteiger partial charge in [0.15, 0.2) is 0 Å². The van der Waals surface area contributed by atoms with E-state index in [9.17, 15) is 23.1 Å². The van der Waals surface area contributed by atoms with Crippen molar-refractivity contribution < 1.29 is 69.3 Å². The van der Waals surface area contributed by atoms with Gasteiger partial charge in [0, 0.05) is 6.07 Å². The summed E-state index contributed by atoms with van der Waals surface area (Å²) in [6.45, 7) is -5.20. The molecule has 4 nitrogen and oxygen atoms in total. The van der Waals surface area contributed by atoms with Crippen molar-refractivity contribution in [2.24, 2.45) is 0 Å². The molecule has 0 aliphatic heterocycles. The zero-order valence-electron chi connectivity index (χ0n) is 7.15. The molecule has 0 fully saturated rings. The second-order valence-corrected chi connectivity index (χ2v) is 2.28. The molecule has 1 aromatic rings. The number of nitro groups is 1. The molecular formula is C5H3BF3KN2O2. The van der Waals surface area contributed by atoms with Gasteiger partial charge >= 0.3 is 64.2 Å². The Bertz CT molecular complexity index is 346. The van der Waals surface area contributed by atoms with Crippen LogP contribution in [0.15, 0.2) is 18.3 Å². The van der Waals surface area contributed by atoms with E-state index < -0.39 is 23.2 Å². The molecule has 1 heterocycles. The molecular weight excluding hydrogens is 227 g/mol. The van der Waals surface area contributed by atoms with Gasteiger partial charge in [-0.15, -0.1) is 0 Å². The second kappa shape index (κ2) is 5.22. The number of hydrogen-bond donors (Lipinski definition) is 0. The van der Waals surface area contributed by atoms with Gasteiger partial charge in [-0.2, -0.15) is 0 Å². The fourth-order valence-electron chi connectivity index (χ4n) is 0.738. The first-order chi connectivity index (χ1) is 5.91. The Labute approximate surface area is 120 Å². The van der Waals surface area contributed by atoms with Gasteiger partial charge in [-0.1, -0.05) is 5.46 Å². The molecule has 0 radical (unpaired) electrons. The van der Waals surface area contributed by atoms with Gasteiger partial charge in [-0.25, -0.2) is 0 Å². The van der Waals surface area contributed by atoms with Crippen molar-refractivity contribution in [3.8, 4) is 0 Å². The summed E-state index contributed by atoms with van der Waals surface area (Å²) in [5.41, 5.74) is -1.01. The van der Waals surface area contributed by atoms with Crippen molar-refractivity contribution in [1.82, 2.24) is 4.98 Å². The summed E-state index contributed by atoms with van der Waals surface area (Å²) >= 11 is 0. The van der Waals surface area contributed by atoms with Crippen LogP contribution in [0.5, 0.6) is 0 Å². The number of rotatable bonds is 2. The summed E-state index contributed by atoms with van der Waals surface area (Å²) in [7, 11) is 0. The number of nitrogens with zero attached hydrogens (tertiary/aromatic N) is 2. The van der Waals surface area contributed by atoms with Gasteiger partial charge in [0.25, 0.3) is 0 Å². The molecule has 0 saturated carbocycles. The molecule has 70 valence electrons. The van der Waals surface area contributed by atoms with Crippen LogP contribution in [0, 0.1) is 10.1 Å². The Hall–Kier alpha value is 0.0413. The van der Waals surface area contributed by atoms with Crippen molar-refractivity contribution in [3.05, 3.63) is 28.4 Å². The maximum Gasteiger partial charge on any atom is 1.00 e. The molecule has 1 aromatic heterocycles. The first kappa shape index (κ1) is 14.0. The molecule has 0 atom stereocenters. The average Bonchev–Trinajstić information content (AvgIpc) is 2.03. The van der Waals surface area contributed by atoms with E-state index in [2.05, 4.69) is 4.98 Å². The van der Waals surface area contributed by atoms with Crippen LogP contribution in [0.4, 0.5) is 18.8 Å². The minimum atomic E-state index is -5.20. The normalized spacial score (nSPS) is 10.5. The zero-order chi connectivity index (χ0) is 10.1. The molecule has 0 N–H and O–H groups in total. The number of hydrogen-bond acceptors (Lipinski definition) is 3. The van der Waals surface area contributed by atoms with Crippen LogP contribution >= 0.6 is 0 Å². The van der Waals surface area contributed by atoms with Crippen molar-refractivity contribution >= 4 is 18.3 Å². The Kier molecular flexibility index (Phi) is 5.23. The van der Waals surface area contributed by atoms with Gasteiger partial charge in [-0.05, 0) is 16.0 Å². The van der Waals surface area contributed by atoms with E-state index in [4.69, 9.17) is 0 Å². The summed E-state index contributed by atoms with van der Waals surface area (Å²) in [5.74, 6) is -0.795. The van der Waals surface area contributed by atoms with Crippen LogP contribution in [0.3, 0.4) is 0 Å². The summed E-state index contributed by atoms with van der Waals surface area (Å²) in [5, 5.41) is 10.1. The van der Waals surface area contributed by atoms with Crippen LogP contribution < -0.4 is 56.8 Å². The topological polar surface area (TPSA) is 56.0 Å². The van der Waals surface area contributed by atoms with E-state index in [1.54, 1.807) is 0 Å². The monoisotopic (exact) mass is 230 g/mol. The Morgan fingerprint density at radius 2 is 2.00 bits per heavy atom. The Morgan fingerprint density at radius 1 is 1.43 bits per heavy atom. The molecule has 0 aromatic carbocycles. The van der Waals surface area contributed by atoms with Crippen LogP contribution in [-0.2, 0) is 0 Å². The van der Waals surface area contributed by atoms with Gasteiger partial charge in [0.2, 0.25) is 0 Å². The Balaban J connectivity index is 0.00000169. The largest absolute Gasteiger partial charge is 1.00 e. The molecule has 0 saturated heterocycles. The van der Waals surface area contributed by atoms with Gasteiger partial charge < -0.3 is 23.1 Å². The molecule has 0 bridgehead atoms. The van der Waals surface area contributed by atoms with Gasteiger partial charge in [-0.3, -0.25) is 0 Å². The number of aromatic nitrogens is 1. The third-order valence-electron chi connectivity index (χ3n) is 1.33. The van der Waals surface area contributed by atoms with Crippen LogP contribution in [-0.4, -0.2) is 16.9 Å². The van der Waals surface area contributed by atoms with Crippen molar-refractivity contribution in [1.29, 1.82) is 0 Å². The maximum absolute atomic E-state index is 12.0. The molecule has 0 unspecified atom stereocenters. The summed E-state index contributed by atoms with van der Waals surface area (Å²) in [6.07, 6.45) is 0.767. The molecule has 1 rings (SSSR count). The predicted molar refractivity (Wildman–Crippen MR) is 39.6 cm³/mol. The first-order valence-electron chi connectivity index (χ1n) is 3.21. The van der Waals surface area contributed by atoms with Crippen molar-refractivity contribution in [3.63, 3.8) is 0 Å². The van der Waals surface area contributed by atoms with Crippen molar-refractivity contribution in [2.75, 3.05) is 0 Å². The van der Waals surface area contributed by atoms with E-state index in [0.717, 1.165) is 6.20 Å². The van der Waals surface area contributed by atoms with E-state index in [1.807, 2.05) is 0 Å². The van der Waals surface area contributed by atoms with Crippen molar-refractivity contribution in [2.45, 2.75) is 0 Å². The number of pyridine rings is 1. The minimum absolute atomic E-state index is 0. The quantitative estimate of drug-likeness (QED) is 0.337. The molecule has 14 heavy (non-hydrogen) atoms. The third kappa shape index (κ3) is 3.65. The molecule has 9 heteroatoms. The van der Waals surface area contributed by atoms with E-state index in [1.165, 1.54) is 0 Å². The second-order valence-electron chi connectivity index (χ2n) is 2.28. The van der Waals surface area contributed by atoms with Crippen LogP contribution in [0.2, 0.25) is 0 Å². The predicted octanol–water partition coefficient (Wildman–Crippen LogP) is -1.95. The maximum atomic E-state index is 12.0. The van der Waals surface area contributed by atoms with E-state index in [-0.39, 0.29) is 51.4 Å². The molecule has 0 spiro atoms. The van der Waals surface area contributed by atoms with Crippen LogP contribution in [0.25, 0.3) is 0 Å². The smallest absolute Gasteiger partial charge is 0.445 e. The first-order valence-corrected chi connectivity index (χ1v) is 3.21. The van der Waals surface area contributed by atoms with E-state index >= 15 is 0 Å². The molecule has 0 aliphatic carbocycles. The Morgan fingerprint density at radius 3 is 2.43 bits per heavy atom. The standard InChI is InChI=1S/C5H3BF3N2O2.K/c7-6(8,9)4-1-2-10-5(3-4)11(12)13;/h1-3H;/q-1;+1. The minimum Gasteiger partial charge on any atom is -0.445 e. The summed E-state index contributed by atoms with van der Waals surface area (Å²) < 4.78 is 36.1. The van der Waals surface area contributed by atoms with Crippen LogP contribution in [0.1, 0.15) is 0 Å². The average molecular weight is 230 g/mol. The fourth-order valence-corrected chi connectivity index (χ4v) is 0.738. The molecule has 0 aliphatic rings. The molecule has 0 amide bonds. The zero-order valence-corrected chi connectivity index (χ0v) is 10.3. The SMILES string of the molecule is O=[N+]([O-])c1cc([B-](F)(F)F)ccn1.[K+]. The fraction of sp³-hybridized carbons (Fsp3) is 0. The van der Waals surface area contributed by atoms with E-state index in [0.29, 0.717) is 12.1 Å².